The van der Waals surface area contributed by atoms with E-state index in [1.807, 2.05) is 13.8 Å². The summed E-state index contributed by atoms with van der Waals surface area (Å²) < 4.78 is 4.63. The molecule has 4 heteroatoms. The van der Waals surface area contributed by atoms with Gasteiger partial charge in [0.2, 0.25) is 0 Å². The lowest BCUT2D eigenvalue weighted by Crippen LogP contribution is -2.34. The predicted octanol–water partition coefficient (Wildman–Crippen LogP) is 0.772. The van der Waals surface area contributed by atoms with Gasteiger partial charge < -0.3 is 9.84 Å². The van der Waals surface area contributed by atoms with Crippen LogP contribution in [0.5, 0.6) is 0 Å². The Bertz CT molecular complexity index is 298. The van der Waals surface area contributed by atoms with Crippen LogP contribution in [0.15, 0.2) is 0 Å². The van der Waals surface area contributed by atoms with E-state index in [4.69, 9.17) is 0 Å². The van der Waals surface area contributed by atoms with Gasteiger partial charge in [0, 0.05) is 5.92 Å². The molecule has 15 heavy (non-hydrogen) atoms. The zero-order valence-corrected chi connectivity index (χ0v) is 9.83. The Morgan fingerprint density at radius 3 is 2.07 bits per heavy atom. The van der Waals surface area contributed by atoms with Crippen molar-refractivity contribution < 1.29 is 19.4 Å². The summed E-state index contributed by atoms with van der Waals surface area (Å²) >= 11 is 0. The Morgan fingerprint density at radius 1 is 1.27 bits per heavy atom. The van der Waals surface area contributed by atoms with Crippen molar-refractivity contribution in [2.45, 2.75) is 33.3 Å². The maximum atomic E-state index is 11.8. The summed E-state index contributed by atoms with van der Waals surface area (Å²) in [6, 6.07) is 0. The zero-order chi connectivity index (χ0) is 12.0. The summed E-state index contributed by atoms with van der Waals surface area (Å²) in [5, 5.41) is 9.60. The summed E-state index contributed by atoms with van der Waals surface area (Å²) in [6.07, 6.45) is 0. The molecule has 1 saturated carbocycles. The third-order valence-corrected chi connectivity index (χ3v) is 3.17. The van der Waals surface area contributed by atoms with E-state index in [1.54, 1.807) is 0 Å². The van der Waals surface area contributed by atoms with Gasteiger partial charge in [-0.05, 0) is 19.3 Å². The van der Waals surface area contributed by atoms with E-state index in [-0.39, 0.29) is 11.8 Å². The van der Waals surface area contributed by atoms with Gasteiger partial charge in [-0.15, -0.1) is 0 Å². The van der Waals surface area contributed by atoms with Crippen molar-refractivity contribution in [2.24, 2.45) is 17.3 Å². The van der Waals surface area contributed by atoms with Gasteiger partial charge in [-0.25, -0.2) is 0 Å². The number of hydrogen-bond donors (Lipinski definition) is 1. The van der Waals surface area contributed by atoms with E-state index in [0.29, 0.717) is 0 Å². The monoisotopic (exact) mass is 214 g/mol. The number of aliphatic hydroxyl groups is 1. The third-order valence-electron chi connectivity index (χ3n) is 3.17. The van der Waals surface area contributed by atoms with E-state index in [1.165, 1.54) is 21.0 Å². The molecule has 4 nitrogen and oxygen atoms in total. The van der Waals surface area contributed by atoms with Crippen LogP contribution in [0.1, 0.15) is 27.7 Å². The summed E-state index contributed by atoms with van der Waals surface area (Å²) in [6.45, 7) is 6.56. The van der Waals surface area contributed by atoms with Gasteiger partial charge >= 0.3 is 5.97 Å². The number of hydrogen-bond acceptors (Lipinski definition) is 4. The van der Waals surface area contributed by atoms with Gasteiger partial charge in [0.25, 0.3) is 0 Å². The average molecular weight is 214 g/mol. The molecule has 2 atom stereocenters. The number of esters is 1. The molecule has 1 aliphatic rings. The Morgan fingerprint density at radius 2 is 1.73 bits per heavy atom. The summed E-state index contributed by atoms with van der Waals surface area (Å²) in [5.41, 5.74) is -1.78. The molecule has 0 amide bonds. The van der Waals surface area contributed by atoms with Crippen LogP contribution in [0.3, 0.4) is 0 Å². The van der Waals surface area contributed by atoms with Crippen molar-refractivity contribution in [1.82, 2.24) is 0 Å². The minimum atomic E-state index is -1.38. The summed E-state index contributed by atoms with van der Waals surface area (Å²) in [5.74, 6) is -1.50. The van der Waals surface area contributed by atoms with Gasteiger partial charge in [0.15, 0.2) is 5.78 Å². The molecule has 0 radical (unpaired) electrons. The summed E-state index contributed by atoms with van der Waals surface area (Å²) in [4.78, 5) is 23.2. The molecule has 0 aliphatic heterocycles. The van der Waals surface area contributed by atoms with Crippen molar-refractivity contribution >= 4 is 11.8 Å². The maximum absolute atomic E-state index is 11.8. The van der Waals surface area contributed by atoms with Crippen molar-refractivity contribution in [3.63, 3.8) is 0 Å². The standard InChI is InChI=1S/C11H18O4/c1-10(2)6(7(10)9(13)15-5)8(12)11(3,4)14/h6-7,14H,1-5H3. The first-order chi connectivity index (χ1) is 6.64. The van der Waals surface area contributed by atoms with Crippen LogP contribution in [0.4, 0.5) is 0 Å². The van der Waals surface area contributed by atoms with Gasteiger partial charge in [-0.2, -0.15) is 0 Å². The first kappa shape index (κ1) is 12.2. The number of ketones is 1. The molecular weight excluding hydrogens is 196 g/mol. The van der Waals surface area contributed by atoms with Crippen molar-refractivity contribution in [3.05, 3.63) is 0 Å². The fourth-order valence-corrected chi connectivity index (χ4v) is 2.07. The second-order valence-electron chi connectivity index (χ2n) is 5.22. The molecule has 1 N–H and O–H groups in total. The average Bonchev–Trinajstić information content (AvgIpc) is 2.64. The Hall–Kier alpha value is -0.900. The molecule has 2 unspecified atom stereocenters. The topological polar surface area (TPSA) is 63.6 Å². The minimum absolute atomic E-state index is 0.289. The Labute approximate surface area is 89.6 Å². The molecule has 0 spiro atoms. The number of rotatable bonds is 3. The largest absolute Gasteiger partial charge is 0.469 e. The number of Topliss-reactive ketones (excluding diaryl/α,β-unsaturated/α-hetero) is 1. The minimum Gasteiger partial charge on any atom is -0.469 e. The predicted molar refractivity (Wildman–Crippen MR) is 54.1 cm³/mol. The Balaban J connectivity index is 2.84. The number of carbonyl (C=O) groups is 2. The van der Waals surface area contributed by atoms with E-state index in [0.717, 1.165) is 0 Å². The molecule has 0 aromatic carbocycles. The Kier molecular flexibility index (Phi) is 2.68. The first-order valence-electron chi connectivity index (χ1n) is 4.98. The van der Waals surface area contributed by atoms with Crippen molar-refractivity contribution in [3.8, 4) is 0 Å². The normalized spacial score (nSPS) is 28.4. The third kappa shape index (κ3) is 1.91. The fraction of sp³-hybridized carbons (Fsp3) is 0.818. The lowest BCUT2D eigenvalue weighted by Gasteiger charge is -2.16. The van der Waals surface area contributed by atoms with Gasteiger partial charge in [0.05, 0.1) is 13.0 Å². The molecule has 86 valence electrons. The van der Waals surface area contributed by atoms with E-state index < -0.39 is 22.9 Å². The van der Waals surface area contributed by atoms with Crippen LogP contribution >= 0.6 is 0 Å². The second-order valence-corrected chi connectivity index (χ2v) is 5.22. The van der Waals surface area contributed by atoms with E-state index >= 15 is 0 Å². The van der Waals surface area contributed by atoms with Gasteiger partial charge in [-0.1, -0.05) is 13.8 Å². The number of methoxy groups -OCH3 is 1. The molecule has 0 bridgehead atoms. The SMILES string of the molecule is COC(=O)C1C(C(=O)C(C)(C)O)C1(C)C. The van der Waals surface area contributed by atoms with Gasteiger partial charge in [0.1, 0.15) is 5.60 Å². The molecule has 1 rings (SSSR count). The molecular formula is C11H18O4. The quantitative estimate of drug-likeness (QED) is 0.705. The highest BCUT2D eigenvalue weighted by Gasteiger charge is 2.67. The van der Waals surface area contributed by atoms with Crippen molar-refractivity contribution in [2.75, 3.05) is 7.11 Å². The van der Waals surface area contributed by atoms with Crippen LogP contribution in [-0.4, -0.2) is 29.6 Å². The lowest BCUT2D eigenvalue weighted by atomic mass is 9.95. The van der Waals surface area contributed by atoms with Crippen LogP contribution in [-0.2, 0) is 14.3 Å². The molecule has 1 fully saturated rings. The summed E-state index contributed by atoms with van der Waals surface area (Å²) in [7, 11) is 1.31. The smallest absolute Gasteiger partial charge is 0.309 e. The maximum Gasteiger partial charge on any atom is 0.309 e. The highest BCUT2D eigenvalue weighted by Crippen LogP contribution is 2.60. The lowest BCUT2D eigenvalue weighted by molar-refractivity contribution is -0.145. The zero-order valence-electron chi connectivity index (χ0n) is 9.83. The molecule has 1 aliphatic carbocycles. The number of ether oxygens (including phenoxy) is 1. The highest BCUT2D eigenvalue weighted by atomic mass is 16.5. The highest BCUT2D eigenvalue weighted by molar-refractivity contribution is 5.97. The van der Waals surface area contributed by atoms with Crippen LogP contribution in [0.25, 0.3) is 0 Å². The van der Waals surface area contributed by atoms with Crippen LogP contribution in [0.2, 0.25) is 0 Å². The van der Waals surface area contributed by atoms with Gasteiger partial charge in [-0.3, -0.25) is 9.59 Å². The molecule has 0 aromatic heterocycles. The molecule has 0 saturated heterocycles. The first-order valence-corrected chi connectivity index (χ1v) is 4.98. The molecule has 0 aromatic rings. The van der Waals surface area contributed by atoms with Crippen LogP contribution < -0.4 is 0 Å². The number of carbonyl (C=O) groups excluding carboxylic acids is 2. The fourth-order valence-electron chi connectivity index (χ4n) is 2.07. The van der Waals surface area contributed by atoms with E-state index in [2.05, 4.69) is 4.74 Å². The van der Waals surface area contributed by atoms with E-state index in [9.17, 15) is 14.7 Å². The molecule has 0 heterocycles. The van der Waals surface area contributed by atoms with Crippen molar-refractivity contribution in [1.29, 1.82) is 0 Å². The second kappa shape index (κ2) is 3.30. The van der Waals surface area contributed by atoms with Crippen LogP contribution in [0, 0.1) is 17.3 Å².